The van der Waals surface area contributed by atoms with Gasteiger partial charge in [0.15, 0.2) is 0 Å². The second-order valence-corrected chi connectivity index (χ2v) is 4.21. The van der Waals surface area contributed by atoms with Gasteiger partial charge in [0.25, 0.3) is 0 Å². The van der Waals surface area contributed by atoms with Crippen molar-refractivity contribution in [2.24, 2.45) is 5.92 Å². The largest absolute Gasteiger partial charge is 0.386 e. The van der Waals surface area contributed by atoms with Crippen LogP contribution in [0, 0.1) is 5.92 Å². The van der Waals surface area contributed by atoms with E-state index in [1.807, 2.05) is 7.05 Å². The fourth-order valence-electron chi connectivity index (χ4n) is 2.01. The second-order valence-electron chi connectivity index (χ2n) is 4.21. The molecule has 1 aromatic heterocycles. The van der Waals surface area contributed by atoms with Crippen LogP contribution < -0.4 is 10.6 Å². The van der Waals surface area contributed by atoms with Crippen LogP contribution in [0.1, 0.15) is 24.1 Å². The first kappa shape index (κ1) is 11.1. The van der Waals surface area contributed by atoms with Crippen LogP contribution in [-0.2, 0) is 0 Å². The zero-order valence-corrected chi connectivity index (χ0v) is 9.57. The smallest absolute Gasteiger partial charge is 0.247 e. The van der Waals surface area contributed by atoms with Crippen molar-refractivity contribution in [3.05, 3.63) is 12.4 Å². The quantitative estimate of drug-likeness (QED) is 0.799. The molecule has 2 rings (SSSR count). The molecule has 0 aliphatic carbocycles. The van der Waals surface area contributed by atoms with Crippen molar-refractivity contribution in [3.8, 4) is 0 Å². The van der Waals surface area contributed by atoms with Crippen molar-refractivity contribution in [3.63, 3.8) is 0 Å². The van der Waals surface area contributed by atoms with Crippen molar-refractivity contribution >= 4 is 11.6 Å². The van der Waals surface area contributed by atoms with Crippen LogP contribution in [0.25, 0.3) is 0 Å². The topological polar surface area (TPSA) is 59.0 Å². The molecular weight excluding hydrogens is 204 g/mol. The fraction of sp³-hybridized carbons (Fsp3) is 0.636. The summed E-state index contributed by atoms with van der Waals surface area (Å²) in [5, 5.41) is 10.3. The van der Waals surface area contributed by atoms with Gasteiger partial charge in [-0.05, 0) is 31.8 Å². The van der Waals surface area contributed by atoms with Crippen LogP contribution in [0.4, 0.5) is 5.69 Å². The van der Waals surface area contributed by atoms with E-state index in [4.69, 9.17) is 0 Å². The Morgan fingerprint density at radius 2 is 2.38 bits per heavy atom. The summed E-state index contributed by atoms with van der Waals surface area (Å²) in [7, 11) is 1.82. The number of rotatable bonds is 3. The van der Waals surface area contributed by atoms with Gasteiger partial charge in [-0.15, -0.1) is 0 Å². The summed E-state index contributed by atoms with van der Waals surface area (Å²) >= 11 is 0. The third-order valence-corrected chi connectivity index (χ3v) is 3.05. The molecule has 2 N–H and O–H groups in total. The van der Waals surface area contributed by atoms with Crippen LogP contribution in [0.5, 0.6) is 0 Å². The Bertz CT molecular complexity index is 355. The Balaban J connectivity index is 1.91. The zero-order valence-electron chi connectivity index (χ0n) is 9.57. The zero-order chi connectivity index (χ0) is 11.4. The van der Waals surface area contributed by atoms with Crippen LogP contribution >= 0.6 is 0 Å². The van der Waals surface area contributed by atoms with E-state index in [9.17, 15) is 4.79 Å². The van der Waals surface area contributed by atoms with Gasteiger partial charge >= 0.3 is 0 Å². The molecule has 1 saturated heterocycles. The molecule has 0 spiro atoms. The van der Waals surface area contributed by atoms with Crippen LogP contribution in [0.15, 0.2) is 12.4 Å². The lowest BCUT2D eigenvalue weighted by molar-refractivity contribution is 0.0854. The summed E-state index contributed by atoms with van der Waals surface area (Å²) in [4.78, 5) is 11.9. The number of anilines is 1. The van der Waals surface area contributed by atoms with E-state index in [2.05, 4.69) is 15.7 Å². The lowest BCUT2D eigenvalue weighted by Gasteiger charge is -2.21. The molecule has 88 valence electrons. The van der Waals surface area contributed by atoms with E-state index >= 15 is 0 Å². The molecule has 0 amide bonds. The van der Waals surface area contributed by atoms with Gasteiger partial charge in [0.1, 0.15) is 0 Å². The van der Waals surface area contributed by atoms with Crippen molar-refractivity contribution in [2.75, 3.05) is 25.5 Å². The fourth-order valence-corrected chi connectivity index (χ4v) is 2.01. The van der Waals surface area contributed by atoms with E-state index in [-0.39, 0.29) is 5.91 Å². The third kappa shape index (κ3) is 2.61. The molecule has 2 heterocycles. The minimum atomic E-state index is 0.0911. The number of hydrogen-bond donors (Lipinski definition) is 2. The van der Waals surface area contributed by atoms with Crippen molar-refractivity contribution in [2.45, 2.75) is 19.3 Å². The van der Waals surface area contributed by atoms with Gasteiger partial charge in [-0.1, -0.05) is 0 Å². The van der Waals surface area contributed by atoms with Crippen molar-refractivity contribution in [1.29, 1.82) is 0 Å². The highest BCUT2D eigenvalue weighted by Crippen LogP contribution is 2.17. The summed E-state index contributed by atoms with van der Waals surface area (Å²) < 4.78 is 1.44. The number of aromatic nitrogens is 2. The van der Waals surface area contributed by atoms with E-state index in [0.29, 0.717) is 12.3 Å². The molecule has 1 fully saturated rings. The first-order chi connectivity index (χ1) is 7.79. The average molecular weight is 222 g/mol. The third-order valence-electron chi connectivity index (χ3n) is 3.05. The first-order valence-corrected chi connectivity index (χ1v) is 5.76. The molecule has 1 aromatic rings. The molecule has 0 bridgehead atoms. The Kier molecular flexibility index (Phi) is 3.56. The minimum absolute atomic E-state index is 0.0911. The Hall–Kier alpha value is -1.36. The molecule has 1 aliphatic rings. The predicted octanol–water partition coefficient (Wildman–Crippen LogP) is 0.955. The summed E-state index contributed by atoms with van der Waals surface area (Å²) in [6, 6.07) is 0. The summed E-state index contributed by atoms with van der Waals surface area (Å²) in [6.45, 7) is 2.05. The maximum absolute atomic E-state index is 11.9. The lowest BCUT2D eigenvalue weighted by Crippen LogP contribution is -2.29. The van der Waals surface area contributed by atoms with Gasteiger partial charge in [-0.25, -0.2) is 4.68 Å². The van der Waals surface area contributed by atoms with Crippen molar-refractivity contribution < 1.29 is 4.79 Å². The maximum Gasteiger partial charge on any atom is 0.247 e. The monoisotopic (exact) mass is 222 g/mol. The molecular formula is C11H18N4O. The SMILES string of the molecule is CNc1cnn(C(=O)CC2CCNCC2)c1. The Morgan fingerprint density at radius 3 is 3.00 bits per heavy atom. The number of carbonyl (C=O) groups is 1. The van der Waals surface area contributed by atoms with Gasteiger partial charge in [0.05, 0.1) is 18.1 Å². The van der Waals surface area contributed by atoms with E-state index < -0.39 is 0 Å². The maximum atomic E-state index is 11.9. The van der Waals surface area contributed by atoms with E-state index in [1.165, 1.54) is 4.68 Å². The summed E-state index contributed by atoms with van der Waals surface area (Å²) in [5.74, 6) is 0.601. The molecule has 16 heavy (non-hydrogen) atoms. The van der Waals surface area contributed by atoms with Gasteiger partial charge in [0.2, 0.25) is 5.91 Å². The van der Waals surface area contributed by atoms with Gasteiger partial charge in [0, 0.05) is 13.5 Å². The average Bonchev–Trinajstić information content (AvgIpc) is 2.79. The van der Waals surface area contributed by atoms with E-state index in [1.54, 1.807) is 12.4 Å². The predicted molar refractivity (Wildman–Crippen MR) is 62.6 cm³/mol. The lowest BCUT2D eigenvalue weighted by atomic mass is 9.94. The molecule has 0 aromatic carbocycles. The normalized spacial score (nSPS) is 17.3. The van der Waals surface area contributed by atoms with Crippen LogP contribution in [0.2, 0.25) is 0 Å². The highest BCUT2D eigenvalue weighted by Gasteiger charge is 2.18. The number of hydrogen-bond acceptors (Lipinski definition) is 4. The van der Waals surface area contributed by atoms with Gasteiger partial charge in [-0.2, -0.15) is 5.10 Å². The molecule has 0 radical (unpaired) electrons. The highest BCUT2D eigenvalue weighted by molar-refractivity contribution is 5.78. The highest BCUT2D eigenvalue weighted by atomic mass is 16.2. The number of nitrogens with zero attached hydrogens (tertiary/aromatic N) is 2. The standard InChI is InChI=1S/C11H18N4O/c1-12-10-7-14-15(8-10)11(16)6-9-2-4-13-5-3-9/h7-9,12-13H,2-6H2,1H3. The number of piperidine rings is 1. The van der Waals surface area contributed by atoms with Crippen LogP contribution in [0.3, 0.4) is 0 Å². The van der Waals surface area contributed by atoms with Gasteiger partial charge < -0.3 is 10.6 Å². The molecule has 1 aliphatic heterocycles. The summed E-state index contributed by atoms with van der Waals surface area (Å²) in [5.41, 5.74) is 0.874. The van der Waals surface area contributed by atoms with Crippen LogP contribution in [-0.4, -0.2) is 35.8 Å². The van der Waals surface area contributed by atoms with Gasteiger partial charge in [-0.3, -0.25) is 4.79 Å². The molecule has 5 heteroatoms. The summed E-state index contributed by atoms with van der Waals surface area (Å²) in [6.07, 6.45) is 6.19. The van der Waals surface area contributed by atoms with Crippen molar-refractivity contribution in [1.82, 2.24) is 15.1 Å². The molecule has 5 nitrogen and oxygen atoms in total. The number of carbonyl (C=O) groups excluding carboxylic acids is 1. The van der Waals surface area contributed by atoms with E-state index in [0.717, 1.165) is 31.6 Å². The second kappa shape index (κ2) is 5.12. The first-order valence-electron chi connectivity index (χ1n) is 5.76. The Labute approximate surface area is 95.2 Å². The Morgan fingerprint density at radius 1 is 1.62 bits per heavy atom. The number of nitrogens with one attached hydrogen (secondary N) is 2. The minimum Gasteiger partial charge on any atom is -0.386 e. The molecule has 0 saturated carbocycles. The molecule has 0 unspecified atom stereocenters. The molecule has 0 atom stereocenters.